The molecular formula is C25H36N2O. The van der Waals surface area contributed by atoms with E-state index in [1.807, 2.05) is 0 Å². The van der Waals surface area contributed by atoms with Crippen molar-refractivity contribution in [1.29, 1.82) is 0 Å². The molecule has 3 rings (SSSR count). The van der Waals surface area contributed by atoms with Crippen LogP contribution in [0.1, 0.15) is 51.2 Å². The zero-order valence-corrected chi connectivity index (χ0v) is 18.3. The van der Waals surface area contributed by atoms with Gasteiger partial charge in [-0.15, -0.1) is 0 Å². The predicted octanol–water partition coefficient (Wildman–Crippen LogP) is 5.05. The Balaban J connectivity index is 1.84. The summed E-state index contributed by atoms with van der Waals surface area (Å²) >= 11 is 0. The van der Waals surface area contributed by atoms with E-state index in [1.165, 1.54) is 21.9 Å². The minimum absolute atomic E-state index is 0.235. The van der Waals surface area contributed by atoms with E-state index in [0.29, 0.717) is 18.4 Å². The highest BCUT2D eigenvalue weighted by molar-refractivity contribution is 5.91. The fourth-order valence-corrected chi connectivity index (χ4v) is 4.21. The third kappa shape index (κ3) is 5.14. The van der Waals surface area contributed by atoms with Crippen molar-refractivity contribution in [3.8, 4) is 0 Å². The van der Waals surface area contributed by atoms with Crippen molar-refractivity contribution in [2.75, 3.05) is 26.7 Å². The number of rotatable bonds is 5. The molecule has 0 unspecified atom stereocenters. The maximum atomic E-state index is 13.5. The number of carbonyl (C=O) groups excluding carboxylic acids is 1. The topological polar surface area (TPSA) is 23.6 Å². The Morgan fingerprint density at radius 2 is 1.79 bits per heavy atom. The average molecular weight is 381 g/mol. The summed E-state index contributed by atoms with van der Waals surface area (Å²) in [5.41, 5.74) is 2.64. The van der Waals surface area contributed by atoms with E-state index in [4.69, 9.17) is 0 Å². The van der Waals surface area contributed by atoms with E-state index in [0.717, 1.165) is 38.9 Å². The van der Waals surface area contributed by atoms with Crippen molar-refractivity contribution in [3.63, 3.8) is 0 Å². The van der Waals surface area contributed by atoms with Crippen LogP contribution in [0.2, 0.25) is 0 Å². The lowest BCUT2D eigenvalue weighted by Crippen LogP contribution is -2.48. The SMILES string of the molecule is Cc1ccc2ccccc2c1CC(=O)N(CCC(C)(C)C)C1CCN(C)CC1. The number of aryl methyl sites for hydroxylation is 1. The molecule has 1 saturated heterocycles. The number of likely N-dealkylation sites (tertiary alicyclic amines) is 1. The first-order chi connectivity index (χ1) is 13.2. The summed E-state index contributed by atoms with van der Waals surface area (Å²) in [6.07, 6.45) is 3.71. The van der Waals surface area contributed by atoms with Gasteiger partial charge in [-0.1, -0.05) is 57.2 Å². The van der Waals surface area contributed by atoms with E-state index in [2.05, 4.69) is 80.9 Å². The third-order valence-electron chi connectivity index (χ3n) is 6.15. The average Bonchev–Trinajstić information content (AvgIpc) is 2.65. The Hall–Kier alpha value is -1.87. The quantitative estimate of drug-likeness (QED) is 0.725. The second-order valence-corrected chi connectivity index (χ2v) is 9.69. The Bertz CT molecular complexity index is 813. The Morgan fingerprint density at radius 1 is 1.11 bits per heavy atom. The Labute approximate surface area is 170 Å². The molecular weight excluding hydrogens is 344 g/mol. The minimum Gasteiger partial charge on any atom is -0.339 e. The lowest BCUT2D eigenvalue weighted by atomic mass is 9.91. The van der Waals surface area contributed by atoms with Crippen LogP contribution in [0.15, 0.2) is 36.4 Å². The normalized spacial score (nSPS) is 16.5. The van der Waals surface area contributed by atoms with Crippen molar-refractivity contribution < 1.29 is 4.79 Å². The summed E-state index contributed by atoms with van der Waals surface area (Å²) in [6.45, 7) is 11.9. The Kier molecular flexibility index (Phi) is 6.44. The van der Waals surface area contributed by atoms with Crippen LogP contribution < -0.4 is 0 Å². The van der Waals surface area contributed by atoms with Gasteiger partial charge >= 0.3 is 0 Å². The molecule has 1 heterocycles. The largest absolute Gasteiger partial charge is 0.339 e. The first kappa shape index (κ1) is 20.9. The molecule has 0 saturated carbocycles. The van der Waals surface area contributed by atoms with E-state index >= 15 is 0 Å². The molecule has 0 aliphatic carbocycles. The first-order valence-corrected chi connectivity index (χ1v) is 10.7. The second kappa shape index (κ2) is 8.65. The second-order valence-electron chi connectivity index (χ2n) is 9.69. The van der Waals surface area contributed by atoms with Gasteiger partial charge in [0.2, 0.25) is 5.91 Å². The van der Waals surface area contributed by atoms with Crippen molar-refractivity contribution in [1.82, 2.24) is 9.80 Å². The van der Waals surface area contributed by atoms with Gasteiger partial charge in [0.25, 0.3) is 0 Å². The van der Waals surface area contributed by atoms with Crippen LogP contribution >= 0.6 is 0 Å². The van der Waals surface area contributed by atoms with Gasteiger partial charge in [0.1, 0.15) is 0 Å². The molecule has 1 aliphatic heterocycles. The molecule has 3 nitrogen and oxygen atoms in total. The molecule has 0 atom stereocenters. The molecule has 0 spiro atoms. The van der Waals surface area contributed by atoms with Gasteiger partial charge in [-0.25, -0.2) is 0 Å². The van der Waals surface area contributed by atoms with Crippen molar-refractivity contribution in [2.45, 2.75) is 59.4 Å². The van der Waals surface area contributed by atoms with E-state index in [9.17, 15) is 4.79 Å². The molecule has 1 amide bonds. The third-order valence-corrected chi connectivity index (χ3v) is 6.15. The number of carbonyl (C=O) groups is 1. The molecule has 28 heavy (non-hydrogen) atoms. The number of fused-ring (bicyclic) bond motifs is 1. The van der Waals surface area contributed by atoms with Crippen LogP contribution in [0, 0.1) is 12.3 Å². The van der Waals surface area contributed by atoms with Gasteiger partial charge in [0.05, 0.1) is 6.42 Å². The molecule has 0 bridgehead atoms. The van der Waals surface area contributed by atoms with Crippen LogP contribution in [0.5, 0.6) is 0 Å². The summed E-state index contributed by atoms with van der Waals surface area (Å²) in [7, 11) is 2.18. The highest BCUT2D eigenvalue weighted by atomic mass is 16.2. The van der Waals surface area contributed by atoms with Gasteiger partial charge in [-0.3, -0.25) is 4.79 Å². The number of hydrogen-bond acceptors (Lipinski definition) is 2. The highest BCUT2D eigenvalue weighted by Gasteiger charge is 2.28. The standard InChI is InChI=1S/C25H36N2O/c1-19-10-11-20-8-6-7-9-22(20)23(19)18-24(28)27(17-14-25(2,3)4)21-12-15-26(5)16-13-21/h6-11,21H,12-18H2,1-5H3. The van der Waals surface area contributed by atoms with Crippen molar-refractivity contribution >= 4 is 16.7 Å². The van der Waals surface area contributed by atoms with Crippen molar-refractivity contribution in [3.05, 3.63) is 47.5 Å². The van der Waals surface area contributed by atoms with Gasteiger partial charge < -0.3 is 9.80 Å². The van der Waals surface area contributed by atoms with Crippen LogP contribution in [0.25, 0.3) is 10.8 Å². The summed E-state index contributed by atoms with van der Waals surface area (Å²) in [6, 6.07) is 13.1. The molecule has 152 valence electrons. The van der Waals surface area contributed by atoms with Crippen molar-refractivity contribution in [2.24, 2.45) is 5.41 Å². The molecule has 3 heteroatoms. The van der Waals surface area contributed by atoms with Crippen LogP contribution in [0.3, 0.4) is 0 Å². The maximum Gasteiger partial charge on any atom is 0.227 e. The van der Waals surface area contributed by atoms with Gasteiger partial charge in [0.15, 0.2) is 0 Å². The Morgan fingerprint density at radius 3 is 2.46 bits per heavy atom. The zero-order valence-electron chi connectivity index (χ0n) is 18.3. The fraction of sp³-hybridized carbons (Fsp3) is 0.560. The number of nitrogens with zero attached hydrogens (tertiary/aromatic N) is 2. The van der Waals surface area contributed by atoms with Crippen LogP contribution in [-0.4, -0.2) is 48.4 Å². The monoisotopic (exact) mass is 380 g/mol. The zero-order chi connectivity index (χ0) is 20.3. The number of hydrogen-bond donors (Lipinski definition) is 0. The maximum absolute atomic E-state index is 13.5. The molecule has 0 aromatic heterocycles. The molecule has 0 N–H and O–H groups in total. The molecule has 2 aromatic carbocycles. The number of benzene rings is 2. The van der Waals surface area contributed by atoms with Gasteiger partial charge in [-0.2, -0.15) is 0 Å². The summed E-state index contributed by atoms with van der Waals surface area (Å²) in [5.74, 6) is 0.290. The van der Waals surface area contributed by atoms with Crippen LogP contribution in [0.4, 0.5) is 0 Å². The van der Waals surface area contributed by atoms with Crippen LogP contribution in [-0.2, 0) is 11.2 Å². The summed E-state index contributed by atoms with van der Waals surface area (Å²) in [5, 5.41) is 2.44. The smallest absolute Gasteiger partial charge is 0.227 e. The molecule has 1 fully saturated rings. The van der Waals surface area contributed by atoms with Gasteiger partial charge in [0, 0.05) is 12.6 Å². The predicted molar refractivity (Wildman–Crippen MR) is 119 cm³/mol. The number of amides is 1. The highest BCUT2D eigenvalue weighted by Crippen LogP contribution is 2.26. The van der Waals surface area contributed by atoms with Gasteiger partial charge in [-0.05, 0) is 73.6 Å². The van der Waals surface area contributed by atoms with E-state index in [1.54, 1.807) is 0 Å². The summed E-state index contributed by atoms with van der Waals surface area (Å²) in [4.78, 5) is 18.1. The molecule has 1 aliphatic rings. The number of piperidine rings is 1. The molecule has 0 radical (unpaired) electrons. The first-order valence-electron chi connectivity index (χ1n) is 10.7. The van der Waals surface area contributed by atoms with E-state index < -0.39 is 0 Å². The minimum atomic E-state index is 0.235. The summed E-state index contributed by atoms with van der Waals surface area (Å²) < 4.78 is 0. The molecule has 2 aromatic rings. The fourth-order valence-electron chi connectivity index (χ4n) is 4.21. The lowest BCUT2D eigenvalue weighted by Gasteiger charge is -2.38. The lowest BCUT2D eigenvalue weighted by molar-refractivity contribution is -0.134. The van der Waals surface area contributed by atoms with E-state index in [-0.39, 0.29) is 5.41 Å².